The Morgan fingerprint density at radius 3 is 2.49 bits per heavy atom. The number of benzene rings is 1. The van der Waals surface area contributed by atoms with Crippen LogP contribution < -0.4 is 5.32 Å². The van der Waals surface area contributed by atoms with Gasteiger partial charge in [-0.15, -0.1) is 0 Å². The molecule has 204 valence electrons. The molecule has 2 saturated heterocycles. The number of pyridine rings is 1. The van der Waals surface area contributed by atoms with Crippen LogP contribution in [0.5, 0.6) is 0 Å². The molecule has 5 heterocycles. The summed E-state index contributed by atoms with van der Waals surface area (Å²) in [6.07, 6.45) is 4.21. The third-order valence-electron chi connectivity index (χ3n) is 8.27. The number of aromatic nitrogens is 5. The first-order valence-electron chi connectivity index (χ1n) is 13.7. The molecule has 2 aliphatic heterocycles. The van der Waals surface area contributed by atoms with E-state index < -0.39 is 11.6 Å². The Bertz CT molecular complexity index is 1520. The summed E-state index contributed by atoms with van der Waals surface area (Å²) in [6, 6.07) is 8.56. The van der Waals surface area contributed by atoms with Crippen LogP contribution in [0.3, 0.4) is 0 Å². The lowest BCUT2D eigenvalue weighted by molar-refractivity contribution is 0.101. The molecule has 0 amide bonds. The standard InChI is InChI=1S/C29H34F2N8/c1-6-37-14-22-11-21(37)15-38(22)17(4)19-7-8-26(32-12-19)35-29-33-13-24(31)27(36-29)20-9-23(30)28-25(10-20)39(16(2)3)18(5)34-28/h7-10,12-13,16-17,21-22H,6,11,14-15H2,1-5H3,(H,32,33,35,36). The number of halogens is 2. The average Bonchev–Trinajstić information content (AvgIpc) is 3.62. The van der Waals surface area contributed by atoms with Gasteiger partial charge in [0, 0.05) is 49.0 Å². The minimum Gasteiger partial charge on any atom is -0.326 e. The first kappa shape index (κ1) is 25.8. The van der Waals surface area contributed by atoms with Crippen molar-refractivity contribution < 1.29 is 8.78 Å². The molecule has 2 aliphatic rings. The SMILES string of the molecule is CCN1CC2CC1CN2C(C)c1ccc(Nc2ncc(F)c(-c3cc(F)c4nc(C)n(C(C)C)c4c3)n2)nc1. The van der Waals surface area contributed by atoms with E-state index in [0.717, 1.165) is 31.4 Å². The molecule has 8 nitrogen and oxygen atoms in total. The largest absolute Gasteiger partial charge is 0.326 e. The lowest BCUT2D eigenvalue weighted by Crippen LogP contribution is -2.46. The molecule has 3 unspecified atom stereocenters. The zero-order chi connectivity index (χ0) is 27.4. The second-order valence-corrected chi connectivity index (χ2v) is 10.9. The summed E-state index contributed by atoms with van der Waals surface area (Å²) < 4.78 is 31.8. The number of aryl methyl sites for hydroxylation is 1. The van der Waals surface area contributed by atoms with Crippen molar-refractivity contribution in [3.05, 3.63) is 59.7 Å². The van der Waals surface area contributed by atoms with Gasteiger partial charge in [0.2, 0.25) is 5.95 Å². The van der Waals surface area contributed by atoms with Crippen LogP contribution in [0.1, 0.15) is 57.6 Å². The highest BCUT2D eigenvalue weighted by Crippen LogP contribution is 2.36. The van der Waals surface area contributed by atoms with Crippen molar-refractivity contribution in [3.8, 4) is 11.3 Å². The second kappa shape index (κ2) is 9.91. The molecule has 1 N–H and O–H groups in total. The summed E-state index contributed by atoms with van der Waals surface area (Å²) in [6.45, 7) is 13.6. The van der Waals surface area contributed by atoms with Crippen LogP contribution in [0.25, 0.3) is 22.3 Å². The highest BCUT2D eigenvalue weighted by atomic mass is 19.1. The average molecular weight is 533 g/mol. The molecule has 1 aromatic carbocycles. The van der Waals surface area contributed by atoms with Gasteiger partial charge in [0.05, 0.1) is 11.7 Å². The van der Waals surface area contributed by atoms with Crippen molar-refractivity contribution in [2.45, 2.75) is 65.2 Å². The number of piperazine rings is 1. The van der Waals surface area contributed by atoms with Gasteiger partial charge in [-0.3, -0.25) is 9.80 Å². The van der Waals surface area contributed by atoms with Crippen LogP contribution in [0, 0.1) is 18.6 Å². The Morgan fingerprint density at radius 1 is 1.00 bits per heavy atom. The fourth-order valence-electron chi connectivity index (χ4n) is 6.36. The summed E-state index contributed by atoms with van der Waals surface area (Å²) in [5.74, 6) is 0.289. The maximum atomic E-state index is 15.0. The van der Waals surface area contributed by atoms with Gasteiger partial charge in [-0.2, -0.15) is 0 Å². The van der Waals surface area contributed by atoms with Crippen molar-refractivity contribution >= 4 is 22.8 Å². The van der Waals surface area contributed by atoms with Crippen LogP contribution in [-0.2, 0) is 0 Å². The Hall–Kier alpha value is -3.50. The molecule has 4 aromatic rings. The summed E-state index contributed by atoms with van der Waals surface area (Å²) >= 11 is 0. The van der Waals surface area contributed by atoms with Gasteiger partial charge in [0.25, 0.3) is 0 Å². The van der Waals surface area contributed by atoms with Gasteiger partial charge < -0.3 is 9.88 Å². The number of likely N-dealkylation sites (N-methyl/N-ethyl adjacent to an activating group) is 1. The fourth-order valence-corrected chi connectivity index (χ4v) is 6.36. The minimum atomic E-state index is -0.634. The Morgan fingerprint density at radius 2 is 1.82 bits per heavy atom. The third kappa shape index (κ3) is 4.55. The number of anilines is 2. The van der Waals surface area contributed by atoms with Gasteiger partial charge in [-0.1, -0.05) is 13.0 Å². The maximum Gasteiger partial charge on any atom is 0.229 e. The summed E-state index contributed by atoms with van der Waals surface area (Å²) in [5, 5.41) is 3.07. The van der Waals surface area contributed by atoms with Gasteiger partial charge in [-0.25, -0.2) is 28.7 Å². The minimum absolute atomic E-state index is 0.0120. The van der Waals surface area contributed by atoms with E-state index in [4.69, 9.17) is 0 Å². The predicted octanol–water partition coefficient (Wildman–Crippen LogP) is 5.64. The van der Waals surface area contributed by atoms with Crippen molar-refractivity contribution in [2.75, 3.05) is 25.0 Å². The lowest BCUT2D eigenvalue weighted by atomic mass is 10.1. The molecule has 0 aliphatic carbocycles. The topological polar surface area (TPSA) is 75.0 Å². The lowest BCUT2D eigenvalue weighted by Gasteiger charge is -2.37. The van der Waals surface area contributed by atoms with E-state index >= 15 is 0 Å². The molecule has 2 fully saturated rings. The van der Waals surface area contributed by atoms with Crippen molar-refractivity contribution in [1.29, 1.82) is 0 Å². The highest BCUT2D eigenvalue weighted by molar-refractivity contribution is 5.83. The Labute approximate surface area is 227 Å². The molecule has 10 heteroatoms. The summed E-state index contributed by atoms with van der Waals surface area (Å²) in [7, 11) is 0. The number of rotatable bonds is 7. The number of likely N-dealkylation sites (tertiary alicyclic amines) is 2. The van der Waals surface area contributed by atoms with E-state index in [9.17, 15) is 8.78 Å². The molecule has 0 spiro atoms. The summed E-state index contributed by atoms with van der Waals surface area (Å²) in [5.41, 5.74) is 2.35. The smallest absolute Gasteiger partial charge is 0.229 e. The van der Waals surface area contributed by atoms with Crippen LogP contribution in [-0.4, -0.2) is 66.0 Å². The second-order valence-electron chi connectivity index (χ2n) is 10.9. The van der Waals surface area contributed by atoms with E-state index in [1.165, 1.54) is 12.5 Å². The van der Waals surface area contributed by atoms with E-state index in [2.05, 4.69) is 55.0 Å². The fraction of sp³-hybridized carbons (Fsp3) is 0.448. The van der Waals surface area contributed by atoms with E-state index in [1.807, 2.05) is 37.6 Å². The van der Waals surface area contributed by atoms with E-state index in [0.29, 0.717) is 34.8 Å². The van der Waals surface area contributed by atoms with E-state index in [1.54, 1.807) is 6.07 Å². The zero-order valence-electron chi connectivity index (χ0n) is 23.0. The molecule has 3 atom stereocenters. The maximum absolute atomic E-state index is 15.0. The van der Waals surface area contributed by atoms with Crippen LogP contribution in [0.15, 0.2) is 36.7 Å². The molecule has 0 radical (unpaired) electrons. The quantitative estimate of drug-likeness (QED) is 0.330. The third-order valence-corrected chi connectivity index (χ3v) is 8.27. The predicted molar refractivity (Wildman–Crippen MR) is 148 cm³/mol. The first-order valence-corrected chi connectivity index (χ1v) is 13.7. The number of fused-ring (bicyclic) bond motifs is 3. The monoisotopic (exact) mass is 532 g/mol. The highest BCUT2D eigenvalue weighted by Gasteiger charge is 2.44. The molecule has 39 heavy (non-hydrogen) atoms. The Balaban J connectivity index is 1.22. The van der Waals surface area contributed by atoms with Crippen molar-refractivity contribution in [1.82, 2.24) is 34.3 Å². The van der Waals surface area contributed by atoms with Crippen LogP contribution >= 0.6 is 0 Å². The van der Waals surface area contributed by atoms with Gasteiger partial charge in [-0.05, 0) is 64.4 Å². The van der Waals surface area contributed by atoms with Gasteiger partial charge in [0.1, 0.15) is 22.9 Å². The van der Waals surface area contributed by atoms with Crippen LogP contribution in [0.4, 0.5) is 20.5 Å². The number of hydrogen-bond donors (Lipinski definition) is 1. The molecule has 3 aromatic heterocycles. The number of nitrogens with zero attached hydrogens (tertiary/aromatic N) is 7. The van der Waals surface area contributed by atoms with Gasteiger partial charge in [0.15, 0.2) is 11.6 Å². The molecule has 2 bridgehead atoms. The molecular formula is C29H34F2N8. The summed E-state index contributed by atoms with van der Waals surface area (Å²) in [4.78, 5) is 22.6. The Kier molecular flexibility index (Phi) is 6.55. The molecular weight excluding hydrogens is 498 g/mol. The van der Waals surface area contributed by atoms with Crippen molar-refractivity contribution in [2.24, 2.45) is 0 Å². The molecule has 0 saturated carbocycles. The van der Waals surface area contributed by atoms with Crippen LogP contribution in [0.2, 0.25) is 0 Å². The van der Waals surface area contributed by atoms with Crippen molar-refractivity contribution in [3.63, 3.8) is 0 Å². The van der Waals surface area contributed by atoms with Gasteiger partial charge >= 0.3 is 0 Å². The number of hydrogen-bond acceptors (Lipinski definition) is 7. The zero-order valence-corrected chi connectivity index (χ0v) is 23.0. The first-order chi connectivity index (χ1) is 18.7. The number of nitrogens with one attached hydrogen (secondary N) is 1. The van der Waals surface area contributed by atoms with E-state index in [-0.39, 0.29) is 29.2 Å². The number of imidazole rings is 1. The molecule has 6 rings (SSSR count). The normalized spacial score (nSPS) is 20.4.